The molecule has 6 heteroatoms. The molecule has 0 saturated heterocycles. The van der Waals surface area contributed by atoms with Crippen LogP contribution in [0.3, 0.4) is 0 Å². The molecule has 0 radical (unpaired) electrons. The van der Waals surface area contributed by atoms with Gasteiger partial charge in [-0.3, -0.25) is 0 Å². The van der Waals surface area contributed by atoms with Gasteiger partial charge in [-0.05, 0) is 25.0 Å². The van der Waals surface area contributed by atoms with Crippen molar-refractivity contribution in [2.75, 3.05) is 11.4 Å². The Morgan fingerprint density at radius 2 is 2.05 bits per heavy atom. The van der Waals surface area contributed by atoms with E-state index in [1.54, 1.807) is 18.2 Å². The topological polar surface area (TPSA) is 40.5 Å². The third kappa shape index (κ3) is 2.52. The van der Waals surface area contributed by atoms with Gasteiger partial charge in [-0.25, -0.2) is 4.79 Å². The van der Waals surface area contributed by atoms with Gasteiger partial charge in [-0.15, -0.1) is 0 Å². The van der Waals surface area contributed by atoms with E-state index in [1.165, 1.54) is 17.9 Å². The molecule has 0 saturated carbocycles. The Hall–Kier alpha value is -1.72. The minimum atomic E-state index is -4.30. The van der Waals surface area contributed by atoms with E-state index in [2.05, 4.69) is 0 Å². The Bertz CT molecular complexity index is 487. The molecule has 1 aromatic rings. The van der Waals surface area contributed by atoms with Crippen LogP contribution >= 0.6 is 0 Å². The molecule has 0 spiro atoms. The number of carboxylic acid groups (broad SMARTS) is 1. The molecule has 104 valence electrons. The highest BCUT2D eigenvalue weighted by atomic mass is 19.4. The van der Waals surface area contributed by atoms with E-state index in [1.807, 2.05) is 0 Å². The molecule has 1 aliphatic heterocycles. The maximum atomic E-state index is 13.0. The van der Waals surface area contributed by atoms with Crippen molar-refractivity contribution in [3.63, 3.8) is 0 Å². The van der Waals surface area contributed by atoms with Crippen LogP contribution in [0.4, 0.5) is 18.9 Å². The first kappa shape index (κ1) is 13.7. The van der Waals surface area contributed by atoms with Crippen molar-refractivity contribution < 1.29 is 23.1 Å². The number of nitrogens with zero attached hydrogens (tertiary/aromatic N) is 1. The van der Waals surface area contributed by atoms with E-state index in [9.17, 15) is 18.0 Å². The zero-order valence-electron chi connectivity index (χ0n) is 10.3. The number of rotatable bonds is 2. The van der Waals surface area contributed by atoms with Crippen molar-refractivity contribution in [1.82, 2.24) is 0 Å². The molecular weight excluding hydrogens is 259 g/mol. The lowest BCUT2D eigenvalue weighted by molar-refractivity contribution is -0.152. The van der Waals surface area contributed by atoms with E-state index >= 15 is 0 Å². The summed E-state index contributed by atoms with van der Waals surface area (Å²) in [5, 5.41) is 9.02. The molecule has 1 aliphatic rings. The standard InChI is InChI=1S/C13H14F3NO2/c1-8(12(18)19)17-7-6-10(13(14,15)16)9-4-2-3-5-11(9)17/h2-5,8,10H,6-7H2,1H3,(H,18,19)/t8-,10-/m1/s1. The second kappa shape index (κ2) is 4.75. The maximum Gasteiger partial charge on any atom is 0.395 e. The molecule has 0 amide bonds. The van der Waals surface area contributed by atoms with Crippen molar-refractivity contribution in [3.05, 3.63) is 29.8 Å². The first-order chi connectivity index (χ1) is 8.82. The lowest BCUT2D eigenvalue weighted by atomic mass is 9.88. The number of hydrogen-bond acceptors (Lipinski definition) is 2. The fraction of sp³-hybridized carbons (Fsp3) is 0.462. The largest absolute Gasteiger partial charge is 0.480 e. The molecule has 3 nitrogen and oxygen atoms in total. The summed E-state index contributed by atoms with van der Waals surface area (Å²) in [5.74, 6) is -2.55. The molecule has 19 heavy (non-hydrogen) atoms. The Morgan fingerprint density at radius 3 is 2.63 bits per heavy atom. The van der Waals surface area contributed by atoms with Gasteiger partial charge in [0.05, 0.1) is 5.92 Å². The van der Waals surface area contributed by atoms with Gasteiger partial charge in [-0.1, -0.05) is 18.2 Å². The van der Waals surface area contributed by atoms with Crippen LogP contribution in [0.1, 0.15) is 24.8 Å². The lowest BCUT2D eigenvalue weighted by Gasteiger charge is -2.38. The van der Waals surface area contributed by atoms with E-state index in [-0.39, 0.29) is 18.5 Å². The van der Waals surface area contributed by atoms with E-state index < -0.39 is 24.1 Å². The Kier molecular flexibility index (Phi) is 3.43. The van der Waals surface area contributed by atoms with Crippen molar-refractivity contribution in [2.45, 2.75) is 31.5 Å². The van der Waals surface area contributed by atoms with Crippen LogP contribution in [0.2, 0.25) is 0 Å². The van der Waals surface area contributed by atoms with E-state index in [0.29, 0.717) is 5.69 Å². The number of alkyl halides is 3. The number of fused-ring (bicyclic) bond motifs is 1. The zero-order valence-corrected chi connectivity index (χ0v) is 10.3. The van der Waals surface area contributed by atoms with Crippen molar-refractivity contribution in [3.8, 4) is 0 Å². The normalized spacial score (nSPS) is 20.8. The number of anilines is 1. The smallest absolute Gasteiger partial charge is 0.395 e. The van der Waals surface area contributed by atoms with Gasteiger partial charge in [0, 0.05) is 12.2 Å². The van der Waals surface area contributed by atoms with Gasteiger partial charge in [0.15, 0.2) is 0 Å². The highest BCUT2D eigenvalue weighted by Crippen LogP contribution is 2.45. The van der Waals surface area contributed by atoms with Gasteiger partial charge in [-0.2, -0.15) is 13.2 Å². The number of benzene rings is 1. The SMILES string of the molecule is C[C@H](C(=O)O)N1CC[C@@H](C(F)(F)F)c2ccccc21. The van der Waals surface area contributed by atoms with Crippen LogP contribution in [0.25, 0.3) is 0 Å². The van der Waals surface area contributed by atoms with Crippen LogP contribution in [-0.4, -0.2) is 29.8 Å². The quantitative estimate of drug-likeness (QED) is 0.900. The van der Waals surface area contributed by atoms with Crippen LogP contribution in [0.15, 0.2) is 24.3 Å². The molecule has 0 aliphatic carbocycles. The summed E-state index contributed by atoms with van der Waals surface area (Å²) >= 11 is 0. The third-order valence-corrected chi connectivity index (χ3v) is 3.50. The van der Waals surface area contributed by atoms with Crippen molar-refractivity contribution in [1.29, 1.82) is 0 Å². The first-order valence-electron chi connectivity index (χ1n) is 5.97. The second-order valence-electron chi connectivity index (χ2n) is 4.65. The zero-order chi connectivity index (χ0) is 14.2. The molecule has 1 heterocycles. The molecule has 1 aromatic carbocycles. The number of halogens is 3. The monoisotopic (exact) mass is 273 g/mol. The Balaban J connectivity index is 2.43. The van der Waals surface area contributed by atoms with Crippen molar-refractivity contribution >= 4 is 11.7 Å². The number of aliphatic carboxylic acids is 1. The molecule has 0 bridgehead atoms. The average molecular weight is 273 g/mol. The second-order valence-corrected chi connectivity index (χ2v) is 4.65. The first-order valence-corrected chi connectivity index (χ1v) is 5.97. The summed E-state index contributed by atoms with van der Waals surface area (Å²) < 4.78 is 38.9. The van der Waals surface area contributed by atoms with Crippen LogP contribution < -0.4 is 4.90 Å². The van der Waals surface area contributed by atoms with Gasteiger partial charge in [0.2, 0.25) is 0 Å². The molecule has 2 rings (SSSR count). The number of carbonyl (C=O) groups is 1. The van der Waals surface area contributed by atoms with Gasteiger partial charge < -0.3 is 10.0 Å². The van der Waals surface area contributed by atoms with Crippen LogP contribution in [-0.2, 0) is 4.79 Å². The highest BCUT2D eigenvalue weighted by molar-refractivity contribution is 5.78. The summed E-state index contributed by atoms with van der Waals surface area (Å²) in [6, 6.07) is 5.31. The summed E-state index contributed by atoms with van der Waals surface area (Å²) in [6.45, 7) is 1.57. The predicted octanol–water partition coefficient (Wildman–Crippen LogP) is 3.02. The lowest BCUT2D eigenvalue weighted by Crippen LogP contribution is -2.44. The molecule has 1 N–H and O–H groups in total. The van der Waals surface area contributed by atoms with E-state index in [0.717, 1.165) is 0 Å². The molecule has 2 atom stereocenters. The summed E-state index contributed by atoms with van der Waals surface area (Å²) in [7, 11) is 0. The summed E-state index contributed by atoms with van der Waals surface area (Å²) in [4.78, 5) is 12.5. The molecular formula is C13H14F3NO2. The average Bonchev–Trinajstić information content (AvgIpc) is 2.35. The van der Waals surface area contributed by atoms with Crippen LogP contribution in [0.5, 0.6) is 0 Å². The third-order valence-electron chi connectivity index (χ3n) is 3.50. The van der Waals surface area contributed by atoms with Crippen LogP contribution in [0, 0.1) is 0 Å². The summed E-state index contributed by atoms with van der Waals surface area (Å²) in [5.41, 5.74) is 0.528. The minimum Gasteiger partial charge on any atom is -0.480 e. The van der Waals surface area contributed by atoms with Gasteiger partial charge in [0.25, 0.3) is 0 Å². The van der Waals surface area contributed by atoms with E-state index in [4.69, 9.17) is 5.11 Å². The molecule has 0 unspecified atom stereocenters. The molecule has 0 aromatic heterocycles. The van der Waals surface area contributed by atoms with Gasteiger partial charge >= 0.3 is 12.1 Å². The summed E-state index contributed by atoms with van der Waals surface area (Å²) in [6.07, 6.45) is -4.41. The number of hydrogen-bond donors (Lipinski definition) is 1. The number of carboxylic acids is 1. The molecule has 0 fully saturated rings. The minimum absolute atomic E-state index is 0.0919. The highest BCUT2D eigenvalue weighted by Gasteiger charge is 2.45. The fourth-order valence-corrected chi connectivity index (χ4v) is 2.46. The Morgan fingerprint density at radius 1 is 1.42 bits per heavy atom. The number of para-hydroxylation sites is 1. The fourth-order valence-electron chi connectivity index (χ4n) is 2.46. The predicted molar refractivity (Wildman–Crippen MR) is 64.3 cm³/mol. The maximum absolute atomic E-state index is 13.0. The van der Waals surface area contributed by atoms with Crippen molar-refractivity contribution in [2.24, 2.45) is 0 Å². The Labute approximate surface area is 108 Å². The van der Waals surface area contributed by atoms with Gasteiger partial charge in [0.1, 0.15) is 6.04 Å².